The first-order chi connectivity index (χ1) is 14.5. The fourth-order valence-corrected chi connectivity index (χ4v) is 2.86. The predicted molar refractivity (Wildman–Crippen MR) is 113 cm³/mol. The molecule has 2 amide bonds. The molecule has 0 fully saturated rings. The number of aryl methyl sites for hydroxylation is 2. The highest BCUT2D eigenvalue weighted by atomic mass is 16.5. The molecule has 30 heavy (non-hydrogen) atoms. The normalized spacial score (nSPS) is 10.6. The summed E-state index contributed by atoms with van der Waals surface area (Å²) in [7, 11) is 1.64. The standard InChI is InChI=1S/C22H26N4O4/c1-4-12-23-22(28)20-18(13-24-26(20)3)25-21(27)19-11-10-17(30-19)14-29-16-8-6-15(5-2)7-9-16/h6-11,13H,4-5,12,14H2,1-3H3,(H,23,28)(H,25,27). The third-order valence-electron chi connectivity index (χ3n) is 4.54. The Morgan fingerprint density at radius 3 is 2.57 bits per heavy atom. The second-order valence-corrected chi connectivity index (χ2v) is 6.79. The van der Waals surface area contributed by atoms with Gasteiger partial charge in [-0.05, 0) is 42.7 Å². The molecular weight excluding hydrogens is 384 g/mol. The maximum atomic E-state index is 12.6. The first-order valence-electron chi connectivity index (χ1n) is 9.93. The second kappa shape index (κ2) is 9.78. The number of hydrogen-bond donors (Lipinski definition) is 2. The van der Waals surface area contributed by atoms with Gasteiger partial charge < -0.3 is 19.8 Å². The van der Waals surface area contributed by atoms with Crippen LogP contribution in [0.4, 0.5) is 5.69 Å². The van der Waals surface area contributed by atoms with Crippen molar-refractivity contribution >= 4 is 17.5 Å². The number of ether oxygens (including phenoxy) is 1. The number of benzene rings is 1. The molecule has 0 unspecified atom stereocenters. The van der Waals surface area contributed by atoms with Crippen molar-refractivity contribution in [1.82, 2.24) is 15.1 Å². The van der Waals surface area contributed by atoms with E-state index in [0.717, 1.165) is 18.6 Å². The Bertz CT molecular complexity index is 1000. The maximum Gasteiger partial charge on any atom is 0.291 e. The maximum absolute atomic E-state index is 12.6. The molecule has 0 aliphatic rings. The molecule has 2 N–H and O–H groups in total. The largest absolute Gasteiger partial charge is 0.486 e. The molecule has 1 aromatic carbocycles. The molecule has 3 aromatic rings. The molecule has 0 aliphatic heterocycles. The highest BCUT2D eigenvalue weighted by Crippen LogP contribution is 2.18. The topological polar surface area (TPSA) is 98.4 Å². The van der Waals surface area contributed by atoms with E-state index < -0.39 is 5.91 Å². The van der Waals surface area contributed by atoms with E-state index in [1.807, 2.05) is 31.2 Å². The molecule has 8 nitrogen and oxygen atoms in total. The van der Waals surface area contributed by atoms with Gasteiger partial charge in [-0.15, -0.1) is 0 Å². The number of anilines is 1. The summed E-state index contributed by atoms with van der Waals surface area (Å²) in [6, 6.07) is 11.1. The van der Waals surface area contributed by atoms with E-state index in [-0.39, 0.29) is 24.0 Å². The summed E-state index contributed by atoms with van der Waals surface area (Å²) in [5.74, 6) is 0.610. The van der Waals surface area contributed by atoms with Crippen LogP contribution in [0.3, 0.4) is 0 Å². The van der Waals surface area contributed by atoms with E-state index in [0.29, 0.717) is 18.0 Å². The minimum atomic E-state index is -0.467. The molecule has 8 heteroatoms. The highest BCUT2D eigenvalue weighted by Gasteiger charge is 2.20. The molecule has 2 heterocycles. The minimum absolute atomic E-state index is 0.124. The van der Waals surface area contributed by atoms with Crippen molar-refractivity contribution in [2.45, 2.75) is 33.3 Å². The Balaban J connectivity index is 1.62. The lowest BCUT2D eigenvalue weighted by Gasteiger charge is -2.07. The number of nitrogens with zero attached hydrogens (tertiary/aromatic N) is 2. The summed E-state index contributed by atoms with van der Waals surface area (Å²) < 4.78 is 12.7. The zero-order chi connectivity index (χ0) is 21.5. The number of aromatic nitrogens is 2. The summed E-state index contributed by atoms with van der Waals surface area (Å²) in [4.78, 5) is 24.9. The monoisotopic (exact) mass is 410 g/mol. The Hall–Kier alpha value is -3.55. The zero-order valence-electron chi connectivity index (χ0n) is 17.4. The molecule has 0 bridgehead atoms. The van der Waals surface area contributed by atoms with Crippen LogP contribution in [0.1, 0.15) is 52.6 Å². The van der Waals surface area contributed by atoms with E-state index in [2.05, 4.69) is 22.7 Å². The lowest BCUT2D eigenvalue weighted by Crippen LogP contribution is -2.27. The fraction of sp³-hybridized carbons (Fsp3) is 0.318. The van der Waals surface area contributed by atoms with Crippen molar-refractivity contribution in [3.63, 3.8) is 0 Å². The van der Waals surface area contributed by atoms with Crippen LogP contribution in [-0.2, 0) is 20.1 Å². The van der Waals surface area contributed by atoms with Crippen LogP contribution in [0.5, 0.6) is 5.75 Å². The molecule has 158 valence electrons. The molecule has 0 saturated heterocycles. The Labute approximate surface area is 175 Å². The number of carbonyl (C=O) groups excluding carboxylic acids is 2. The molecule has 0 spiro atoms. The van der Waals surface area contributed by atoms with Crippen molar-refractivity contribution in [3.05, 3.63) is 65.4 Å². The van der Waals surface area contributed by atoms with E-state index in [4.69, 9.17) is 9.15 Å². The van der Waals surface area contributed by atoms with Crippen LogP contribution < -0.4 is 15.4 Å². The van der Waals surface area contributed by atoms with Gasteiger partial charge >= 0.3 is 0 Å². The van der Waals surface area contributed by atoms with Gasteiger partial charge in [-0.1, -0.05) is 26.0 Å². The summed E-state index contributed by atoms with van der Waals surface area (Å²) >= 11 is 0. The highest BCUT2D eigenvalue weighted by molar-refractivity contribution is 6.07. The lowest BCUT2D eigenvalue weighted by atomic mass is 10.2. The predicted octanol–water partition coefficient (Wildman–Crippen LogP) is 3.55. The summed E-state index contributed by atoms with van der Waals surface area (Å²) in [5.41, 5.74) is 1.83. The Kier molecular flexibility index (Phi) is 6.90. The van der Waals surface area contributed by atoms with E-state index in [9.17, 15) is 9.59 Å². The fourth-order valence-electron chi connectivity index (χ4n) is 2.86. The average molecular weight is 410 g/mol. The first kappa shape index (κ1) is 21.2. The molecule has 0 saturated carbocycles. The van der Waals surface area contributed by atoms with Gasteiger partial charge in [-0.2, -0.15) is 5.10 Å². The number of rotatable bonds is 9. The van der Waals surface area contributed by atoms with Crippen LogP contribution in [0, 0.1) is 0 Å². The molecular formula is C22H26N4O4. The first-order valence-corrected chi connectivity index (χ1v) is 9.93. The van der Waals surface area contributed by atoms with Crippen molar-refractivity contribution in [3.8, 4) is 5.75 Å². The molecule has 2 aromatic heterocycles. The van der Waals surface area contributed by atoms with Gasteiger partial charge in [0.05, 0.1) is 11.9 Å². The SMILES string of the molecule is CCCNC(=O)c1c(NC(=O)c2ccc(COc3ccc(CC)cc3)o2)cnn1C. The van der Waals surface area contributed by atoms with Crippen LogP contribution in [0.2, 0.25) is 0 Å². The van der Waals surface area contributed by atoms with E-state index in [1.54, 1.807) is 19.2 Å². The van der Waals surface area contributed by atoms with Crippen LogP contribution in [0.25, 0.3) is 0 Å². The molecule has 0 radical (unpaired) electrons. The third kappa shape index (κ3) is 5.08. The van der Waals surface area contributed by atoms with Crippen LogP contribution in [0.15, 0.2) is 47.0 Å². The van der Waals surface area contributed by atoms with Gasteiger partial charge in [0.15, 0.2) is 5.76 Å². The number of hydrogen-bond acceptors (Lipinski definition) is 5. The van der Waals surface area contributed by atoms with Gasteiger partial charge in [0, 0.05) is 13.6 Å². The van der Waals surface area contributed by atoms with Gasteiger partial charge in [-0.3, -0.25) is 14.3 Å². The van der Waals surface area contributed by atoms with Gasteiger partial charge in [0.1, 0.15) is 23.8 Å². The van der Waals surface area contributed by atoms with Crippen LogP contribution in [-0.4, -0.2) is 28.1 Å². The smallest absolute Gasteiger partial charge is 0.291 e. The van der Waals surface area contributed by atoms with E-state index >= 15 is 0 Å². The van der Waals surface area contributed by atoms with Crippen LogP contribution >= 0.6 is 0 Å². The summed E-state index contributed by atoms with van der Waals surface area (Å²) in [6.45, 7) is 4.80. The van der Waals surface area contributed by atoms with E-state index in [1.165, 1.54) is 16.4 Å². The number of carbonyl (C=O) groups is 2. The third-order valence-corrected chi connectivity index (χ3v) is 4.54. The zero-order valence-corrected chi connectivity index (χ0v) is 17.4. The number of nitrogens with one attached hydrogen (secondary N) is 2. The lowest BCUT2D eigenvalue weighted by molar-refractivity contribution is 0.0945. The summed E-state index contributed by atoms with van der Waals surface area (Å²) in [6.07, 6.45) is 3.22. The van der Waals surface area contributed by atoms with Gasteiger partial charge in [-0.25, -0.2) is 0 Å². The minimum Gasteiger partial charge on any atom is -0.486 e. The van der Waals surface area contributed by atoms with Gasteiger partial charge in [0.25, 0.3) is 11.8 Å². The molecule has 0 atom stereocenters. The number of amides is 2. The number of furan rings is 1. The van der Waals surface area contributed by atoms with Crippen molar-refractivity contribution in [1.29, 1.82) is 0 Å². The Morgan fingerprint density at radius 2 is 1.87 bits per heavy atom. The van der Waals surface area contributed by atoms with Crippen molar-refractivity contribution in [2.75, 3.05) is 11.9 Å². The summed E-state index contributed by atoms with van der Waals surface area (Å²) in [5, 5.41) is 9.53. The van der Waals surface area contributed by atoms with Crippen molar-refractivity contribution < 1.29 is 18.7 Å². The second-order valence-electron chi connectivity index (χ2n) is 6.79. The quantitative estimate of drug-likeness (QED) is 0.562. The molecule has 3 rings (SSSR count). The average Bonchev–Trinajstić information content (AvgIpc) is 3.37. The Morgan fingerprint density at radius 1 is 1.10 bits per heavy atom. The van der Waals surface area contributed by atoms with Crippen molar-refractivity contribution in [2.24, 2.45) is 7.05 Å². The van der Waals surface area contributed by atoms with Gasteiger partial charge in [0.2, 0.25) is 0 Å². The molecule has 0 aliphatic carbocycles.